The molecule has 0 bridgehead atoms. The molecule has 1 saturated heterocycles. The first kappa shape index (κ1) is 10.1. The van der Waals surface area contributed by atoms with Crippen molar-refractivity contribution in [2.75, 3.05) is 13.1 Å². The molecule has 1 N–H and O–H groups in total. The second-order valence-corrected chi connectivity index (χ2v) is 4.64. The van der Waals surface area contributed by atoms with E-state index in [0.29, 0.717) is 0 Å². The lowest BCUT2D eigenvalue weighted by Gasteiger charge is -2.24. The van der Waals surface area contributed by atoms with Crippen molar-refractivity contribution in [1.82, 2.24) is 5.32 Å². The second-order valence-electron chi connectivity index (χ2n) is 4.14. The van der Waals surface area contributed by atoms with Gasteiger partial charge in [0, 0.05) is 11.3 Å². The third kappa shape index (κ3) is 2.52. The van der Waals surface area contributed by atoms with Gasteiger partial charge in [0.2, 0.25) is 0 Å². The minimum atomic E-state index is 0.854. The molecule has 1 nitrogen and oxygen atoms in total. The first-order chi connectivity index (χ1) is 6.86. The highest BCUT2D eigenvalue weighted by Crippen LogP contribution is 2.24. The minimum absolute atomic E-state index is 0.854. The Balaban J connectivity index is 1.92. The molecular weight excluding hydrogens is 190 g/mol. The summed E-state index contributed by atoms with van der Waals surface area (Å²) in [6, 6.07) is 0. The van der Waals surface area contributed by atoms with Crippen LogP contribution in [0.1, 0.15) is 25.7 Å². The topological polar surface area (TPSA) is 12.0 Å². The van der Waals surface area contributed by atoms with Gasteiger partial charge >= 0.3 is 0 Å². The van der Waals surface area contributed by atoms with E-state index in [0.717, 1.165) is 17.2 Å². The minimum Gasteiger partial charge on any atom is -0.317 e. The number of allylic oxidation sites excluding steroid dienone is 4. The predicted molar refractivity (Wildman–Crippen MR) is 64.6 cm³/mol. The van der Waals surface area contributed by atoms with Gasteiger partial charge in [-0.3, -0.25) is 0 Å². The lowest BCUT2D eigenvalue weighted by Crippen LogP contribution is -2.28. The molecule has 0 aromatic carbocycles. The van der Waals surface area contributed by atoms with Crippen molar-refractivity contribution in [1.29, 1.82) is 0 Å². The molecule has 1 fully saturated rings. The van der Waals surface area contributed by atoms with Crippen LogP contribution in [0.5, 0.6) is 0 Å². The van der Waals surface area contributed by atoms with E-state index >= 15 is 0 Å². The largest absolute Gasteiger partial charge is 0.317 e. The lowest BCUT2D eigenvalue weighted by molar-refractivity contribution is 0.375. The Morgan fingerprint density at radius 1 is 1.36 bits per heavy atom. The van der Waals surface area contributed by atoms with Crippen molar-refractivity contribution in [3.05, 3.63) is 23.8 Å². The quantitative estimate of drug-likeness (QED) is 0.699. The van der Waals surface area contributed by atoms with Gasteiger partial charge in [-0.2, -0.15) is 0 Å². The smallest absolute Gasteiger partial charge is 0.0222 e. The van der Waals surface area contributed by atoms with Crippen LogP contribution in [0, 0.1) is 5.92 Å². The van der Waals surface area contributed by atoms with Crippen molar-refractivity contribution in [3.63, 3.8) is 0 Å². The van der Waals surface area contributed by atoms with Crippen LogP contribution in [0.25, 0.3) is 0 Å². The van der Waals surface area contributed by atoms with E-state index in [1.54, 1.807) is 0 Å². The number of hydrogen-bond acceptors (Lipinski definition) is 2. The molecule has 0 spiro atoms. The highest BCUT2D eigenvalue weighted by atomic mass is 32.1. The molecule has 0 amide bonds. The Hall–Kier alpha value is -0.470. The number of rotatable bonds is 2. The van der Waals surface area contributed by atoms with Gasteiger partial charge in [-0.1, -0.05) is 30.4 Å². The van der Waals surface area contributed by atoms with E-state index in [1.807, 2.05) is 0 Å². The fourth-order valence-electron chi connectivity index (χ4n) is 2.16. The monoisotopic (exact) mass is 207 g/mol. The van der Waals surface area contributed by atoms with Crippen LogP contribution in [0.4, 0.5) is 0 Å². The molecule has 0 unspecified atom stereocenters. The molecule has 2 aliphatic rings. The normalized spacial score (nSPS) is 23.7. The Morgan fingerprint density at radius 2 is 2.14 bits per heavy atom. The summed E-state index contributed by atoms with van der Waals surface area (Å²) in [4.78, 5) is 1.16. The summed E-state index contributed by atoms with van der Waals surface area (Å²) in [5, 5.41) is 3.40. The van der Waals surface area contributed by atoms with Crippen LogP contribution < -0.4 is 5.32 Å². The Kier molecular flexibility index (Phi) is 3.49. The van der Waals surface area contributed by atoms with Crippen molar-refractivity contribution in [2.45, 2.75) is 25.7 Å². The molecule has 0 radical (unpaired) electrons. The number of thiocarbonyl (C=S) groups is 1. The van der Waals surface area contributed by atoms with Crippen molar-refractivity contribution >= 4 is 17.1 Å². The van der Waals surface area contributed by atoms with Gasteiger partial charge in [0.15, 0.2) is 0 Å². The standard InChI is InChI=1S/C12H17NS/c14-12-4-2-1-3-11(12)9-10-5-7-13-8-6-10/h1-3,10,13H,4-9H2. The maximum atomic E-state index is 5.36. The van der Waals surface area contributed by atoms with Crippen LogP contribution in [0.3, 0.4) is 0 Å². The van der Waals surface area contributed by atoms with E-state index in [4.69, 9.17) is 12.2 Å². The summed E-state index contributed by atoms with van der Waals surface area (Å²) in [6.45, 7) is 2.36. The van der Waals surface area contributed by atoms with Crippen molar-refractivity contribution in [2.24, 2.45) is 5.92 Å². The highest BCUT2D eigenvalue weighted by molar-refractivity contribution is 7.80. The molecule has 1 aliphatic carbocycles. The van der Waals surface area contributed by atoms with E-state index < -0.39 is 0 Å². The molecule has 2 heteroatoms. The molecule has 0 aromatic rings. The van der Waals surface area contributed by atoms with E-state index in [1.165, 1.54) is 37.9 Å². The third-order valence-corrected chi connectivity index (χ3v) is 3.49. The Morgan fingerprint density at radius 3 is 2.86 bits per heavy atom. The Labute approximate surface area is 91.3 Å². The van der Waals surface area contributed by atoms with Crippen molar-refractivity contribution in [3.8, 4) is 0 Å². The summed E-state index contributed by atoms with van der Waals surface area (Å²) in [5.74, 6) is 0.854. The molecule has 0 saturated carbocycles. The number of hydrogen-bond donors (Lipinski definition) is 1. The van der Waals surface area contributed by atoms with Gasteiger partial charge in [0.05, 0.1) is 0 Å². The van der Waals surface area contributed by atoms with Gasteiger partial charge in [0.1, 0.15) is 0 Å². The average molecular weight is 207 g/mol. The van der Waals surface area contributed by atoms with Crippen LogP contribution >= 0.6 is 12.2 Å². The predicted octanol–water partition coefficient (Wildman–Crippen LogP) is 2.63. The Bertz CT molecular complexity index is 272. The average Bonchev–Trinajstić information content (AvgIpc) is 2.23. The van der Waals surface area contributed by atoms with Crippen LogP contribution in [-0.2, 0) is 0 Å². The van der Waals surface area contributed by atoms with Gasteiger partial charge in [-0.05, 0) is 43.8 Å². The van der Waals surface area contributed by atoms with Crippen molar-refractivity contribution < 1.29 is 0 Å². The summed E-state index contributed by atoms with van der Waals surface area (Å²) < 4.78 is 0. The van der Waals surface area contributed by atoms with E-state index in [-0.39, 0.29) is 0 Å². The molecule has 76 valence electrons. The highest BCUT2D eigenvalue weighted by Gasteiger charge is 2.16. The molecular formula is C12H17NS. The summed E-state index contributed by atoms with van der Waals surface area (Å²) in [5.41, 5.74) is 1.41. The van der Waals surface area contributed by atoms with Crippen LogP contribution in [0.15, 0.2) is 23.8 Å². The maximum Gasteiger partial charge on any atom is 0.0222 e. The van der Waals surface area contributed by atoms with E-state index in [2.05, 4.69) is 23.5 Å². The summed E-state index contributed by atoms with van der Waals surface area (Å²) >= 11 is 5.36. The fraction of sp³-hybridized carbons (Fsp3) is 0.583. The SMILES string of the molecule is S=C1CC=CC=C1CC1CCNCC1. The number of nitrogens with one attached hydrogen (secondary N) is 1. The summed E-state index contributed by atoms with van der Waals surface area (Å²) in [6.07, 6.45) is 11.3. The molecule has 14 heavy (non-hydrogen) atoms. The third-order valence-electron chi connectivity index (χ3n) is 3.06. The summed E-state index contributed by atoms with van der Waals surface area (Å²) in [7, 11) is 0. The van der Waals surface area contributed by atoms with Crippen LogP contribution in [0.2, 0.25) is 0 Å². The molecule has 1 heterocycles. The molecule has 0 aromatic heterocycles. The van der Waals surface area contributed by atoms with Gasteiger partial charge in [0.25, 0.3) is 0 Å². The number of piperidine rings is 1. The zero-order chi connectivity index (χ0) is 9.80. The lowest BCUT2D eigenvalue weighted by atomic mass is 9.88. The molecule has 2 rings (SSSR count). The molecule has 0 atom stereocenters. The first-order valence-electron chi connectivity index (χ1n) is 5.46. The second kappa shape index (κ2) is 4.85. The molecule has 1 aliphatic heterocycles. The zero-order valence-corrected chi connectivity index (χ0v) is 9.28. The fourth-order valence-corrected chi connectivity index (χ4v) is 2.41. The van der Waals surface area contributed by atoms with E-state index in [9.17, 15) is 0 Å². The van der Waals surface area contributed by atoms with Gasteiger partial charge in [-0.15, -0.1) is 0 Å². The first-order valence-corrected chi connectivity index (χ1v) is 5.86. The van der Waals surface area contributed by atoms with Gasteiger partial charge in [-0.25, -0.2) is 0 Å². The van der Waals surface area contributed by atoms with Gasteiger partial charge < -0.3 is 5.32 Å². The van der Waals surface area contributed by atoms with Crippen LogP contribution in [-0.4, -0.2) is 18.0 Å². The maximum absolute atomic E-state index is 5.36. The zero-order valence-electron chi connectivity index (χ0n) is 8.46.